The van der Waals surface area contributed by atoms with E-state index in [0.29, 0.717) is 13.2 Å². The van der Waals surface area contributed by atoms with E-state index in [0.717, 1.165) is 37.3 Å². The summed E-state index contributed by atoms with van der Waals surface area (Å²) in [6, 6.07) is 21.8. The molecule has 0 spiro atoms. The van der Waals surface area contributed by atoms with Crippen molar-refractivity contribution in [2.45, 2.75) is 13.5 Å². The van der Waals surface area contributed by atoms with E-state index in [1.54, 1.807) is 0 Å². The average molecular weight is 489 g/mol. The SMILES string of the molecule is CCOc1ccc(N=Cc2cc(Br)c(OCc3ccccc3)c(Br)c2)cc1. The van der Waals surface area contributed by atoms with Gasteiger partial charge in [-0.1, -0.05) is 30.3 Å². The smallest absolute Gasteiger partial charge is 0.148 e. The van der Waals surface area contributed by atoms with Crippen molar-refractivity contribution in [2.75, 3.05) is 6.61 Å². The normalized spacial score (nSPS) is 10.9. The molecule has 0 aliphatic carbocycles. The highest BCUT2D eigenvalue weighted by molar-refractivity contribution is 9.11. The standard InChI is InChI=1S/C22H19Br2NO2/c1-2-26-19-10-8-18(9-11-19)25-14-17-12-20(23)22(21(24)13-17)27-15-16-6-4-3-5-7-16/h3-14H,2,15H2,1H3. The summed E-state index contributed by atoms with van der Waals surface area (Å²) in [7, 11) is 0. The molecular formula is C22H19Br2NO2. The molecular weight excluding hydrogens is 470 g/mol. The van der Waals surface area contributed by atoms with Crippen molar-refractivity contribution < 1.29 is 9.47 Å². The number of halogens is 2. The third-order valence-electron chi connectivity index (χ3n) is 3.76. The van der Waals surface area contributed by atoms with Crippen LogP contribution in [0.5, 0.6) is 11.5 Å². The molecule has 0 aliphatic heterocycles. The fraction of sp³-hybridized carbons (Fsp3) is 0.136. The second-order valence-corrected chi connectivity index (χ2v) is 7.48. The maximum Gasteiger partial charge on any atom is 0.148 e. The van der Waals surface area contributed by atoms with Crippen molar-refractivity contribution in [3.05, 3.63) is 86.8 Å². The Balaban J connectivity index is 1.70. The average Bonchev–Trinajstić information content (AvgIpc) is 2.68. The Morgan fingerprint density at radius 2 is 1.56 bits per heavy atom. The minimum absolute atomic E-state index is 0.512. The van der Waals surface area contributed by atoms with Crippen LogP contribution in [0.4, 0.5) is 5.69 Å². The first-order valence-corrected chi connectivity index (χ1v) is 10.2. The monoisotopic (exact) mass is 487 g/mol. The molecule has 0 atom stereocenters. The van der Waals surface area contributed by atoms with Crippen LogP contribution in [-0.2, 0) is 6.61 Å². The molecule has 27 heavy (non-hydrogen) atoms. The summed E-state index contributed by atoms with van der Waals surface area (Å²) < 4.78 is 13.2. The molecule has 138 valence electrons. The summed E-state index contributed by atoms with van der Waals surface area (Å²) in [4.78, 5) is 4.52. The zero-order chi connectivity index (χ0) is 19.1. The Kier molecular flexibility index (Phi) is 7.07. The summed E-state index contributed by atoms with van der Waals surface area (Å²) >= 11 is 7.18. The lowest BCUT2D eigenvalue weighted by Crippen LogP contribution is -1.97. The van der Waals surface area contributed by atoms with Gasteiger partial charge < -0.3 is 9.47 Å². The third-order valence-corrected chi connectivity index (χ3v) is 4.94. The van der Waals surface area contributed by atoms with E-state index in [4.69, 9.17) is 9.47 Å². The Morgan fingerprint density at radius 1 is 0.889 bits per heavy atom. The molecule has 0 saturated heterocycles. The fourth-order valence-corrected chi connectivity index (χ4v) is 3.92. The van der Waals surface area contributed by atoms with E-state index in [9.17, 15) is 0 Å². The number of nitrogens with zero attached hydrogens (tertiary/aromatic N) is 1. The number of ether oxygens (including phenoxy) is 2. The summed E-state index contributed by atoms with van der Waals surface area (Å²) in [5.41, 5.74) is 2.96. The van der Waals surface area contributed by atoms with Gasteiger partial charge >= 0.3 is 0 Å². The molecule has 0 N–H and O–H groups in total. The van der Waals surface area contributed by atoms with E-state index in [-0.39, 0.29) is 0 Å². The number of hydrogen-bond donors (Lipinski definition) is 0. The van der Waals surface area contributed by atoms with E-state index in [1.165, 1.54) is 0 Å². The molecule has 0 aromatic heterocycles. The van der Waals surface area contributed by atoms with Crippen LogP contribution >= 0.6 is 31.9 Å². The van der Waals surface area contributed by atoms with Crippen LogP contribution in [0.25, 0.3) is 0 Å². The van der Waals surface area contributed by atoms with Gasteiger partial charge in [-0.2, -0.15) is 0 Å². The topological polar surface area (TPSA) is 30.8 Å². The summed E-state index contributed by atoms with van der Waals surface area (Å²) in [5.74, 6) is 1.62. The van der Waals surface area contributed by atoms with Crippen molar-refractivity contribution in [1.29, 1.82) is 0 Å². The first kappa shape index (κ1) is 19.6. The van der Waals surface area contributed by atoms with Gasteiger partial charge in [-0.05, 0) is 86.3 Å². The maximum atomic E-state index is 5.96. The number of rotatable bonds is 7. The Bertz CT molecular complexity index is 886. The Hall–Kier alpha value is -2.11. The molecule has 3 rings (SSSR count). The molecule has 3 nitrogen and oxygen atoms in total. The zero-order valence-electron chi connectivity index (χ0n) is 14.9. The zero-order valence-corrected chi connectivity index (χ0v) is 18.0. The first-order chi connectivity index (χ1) is 13.2. The number of aliphatic imine (C=N–C) groups is 1. The van der Waals surface area contributed by atoms with E-state index in [2.05, 4.69) is 36.9 Å². The van der Waals surface area contributed by atoms with E-state index in [1.807, 2.05) is 79.9 Å². The van der Waals surface area contributed by atoms with Crippen LogP contribution in [-0.4, -0.2) is 12.8 Å². The van der Waals surface area contributed by atoms with E-state index < -0.39 is 0 Å². The van der Waals surface area contributed by atoms with Gasteiger partial charge in [-0.3, -0.25) is 4.99 Å². The minimum atomic E-state index is 0.512. The van der Waals surface area contributed by atoms with Gasteiger partial charge in [-0.15, -0.1) is 0 Å². The summed E-state index contributed by atoms with van der Waals surface area (Å²) in [5, 5.41) is 0. The lowest BCUT2D eigenvalue weighted by atomic mass is 10.2. The summed E-state index contributed by atoms with van der Waals surface area (Å²) in [6.45, 7) is 3.13. The molecule has 0 saturated carbocycles. The predicted octanol–water partition coefficient (Wildman–Crippen LogP) is 6.94. The van der Waals surface area contributed by atoms with Crippen LogP contribution in [0.3, 0.4) is 0 Å². The van der Waals surface area contributed by atoms with Gasteiger partial charge in [0.2, 0.25) is 0 Å². The van der Waals surface area contributed by atoms with Crippen molar-refractivity contribution in [1.82, 2.24) is 0 Å². The van der Waals surface area contributed by atoms with Gasteiger partial charge in [-0.25, -0.2) is 0 Å². The van der Waals surface area contributed by atoms with Gasteiger partial charge in [0.15, 0.2) is 0 Å². The highest BCUT2D eigenvalue weighted by Crippen LogP contribution is 2.35. The van der Waals surface area contributed by atoms with Crippen LogP contribution in [0.15, 0.2) is 80.7 Å². The minimum Gasteiger partial charge on any atom is -0.494 e. The third kappa shape index (κ3) is 5.68. The second kappa shape index (κ2) is 9.72. The van der Waals surface area contributed by atoms with Crippen LogP contribution < -0.4 is 9.47 Å². The molecule has 0 radical (unpaired) electrons. The van der Waals surface area contributed by atoms with Crippen LogP contribution in [0.1, 0.15) is 18.1 Å². The molecule has 3 aromatic carbocycles. The number of hydrogen-bond acceptors (Lipinski definition) is 3. The lowest BCUT2D eigenvalue weighted by Gasteiger charge is -2.11. The Labute approximate surface area is 176 Å². The van der Waals surface area contributed by atoms with E-state index >= 15 is 0 Å². The maximum absolute atomic E-state index is 5.96. The van der Waals surface area contributed by atoms with Crippen molar-refractivity contribution in [3.8, 4) is 11.5 Å². The van der Waals surface area contributed by atoms with Gasteiger partial charge in [0.25, 0.3) is 0 Å². The molecule has 0 fully saturated rings. The predicted molar refractivity (Wildman–Crippen MR) is 117 cm³/mol. The second-order valence-electron chi connectivity index (χ2n) is 5.77. The highest BCUT2D eigenvalue weighted by Gasteiger charge is 2.09. The molecule has 0 bridgehead atoms. The molecule has 0 amide bonds. The van der Waals surface area contributed by atoms with Gasteiger partial charge in [0, 0.05) is 6.21 Å². The molecule has 0 unspecified atom stereocenters. The number of benzene rings is 3. The quantitative estimate of drug-likeness (QED) is 0.337. The first-order valence-electron chi connectivity index (χ1n) is 8.58. The van der Waals surface area contributed by atoms with Gasteiger partial charge in [0.1, 0.15) is 18.1 Å². The molecule has 5 heteroatoms. The van der Waals surface area contributed by atoms with Crippen LogP contribution in [0, 0.1) is 0 Å². The highest BCUT2D eigenvalue weighted by atomic mass is 79.9. The molecule has 3 aromatic rings. The van der Waals surface area contributed by atoms with Crippen molar-refractivity contribution >= 4 is 43.8 Å². The lowest BCUT2D eigenvalue weighted by molar-refractivity contribution is 0.302. The fourth-order valence-electron chi connectivity index (χ4n) is 2.47. The largest absolute Gasteiger partial charge is 0.494 e. The summed E-state index contributed by atoms with van der Waals surface area (Å²) in [6.07, 6.45) is 1.83. The van der Waals surface area contributed by atoms with Crippen molar-refractivity contribution in [3.63, 3.8) is 0 Å². The van der Waals surface area contributed by atoms with Crippen LogP contribution in [0.2, 0.25) is 0 Å². The molecule has 0 heterocycles. The Morgan fingerprint density at radius 3 is 2.19 bits per heavy atom. The van der Waals surface area contributed by atoms with Gasteiger partial charge in [0.05, 0.1) is 21.2 Å². The van der Waals surface area contributed by atoms with Crippen molar-refractivity contribution in [2.24, 2.45) is 4.99 Å². The molecule has 0 aliphatic rings.